The Kier molecular flexibility index (Phi) is 10.7. The summed E-state index contributed by atoms with van der Waals surface area (Å²) < 4.78 is 29.3. The van der Waals surface area contributed by atoms with Crippen LogP contribution in [0.2, 0.25) is 0 Å². The van der Waals surface area contributed by atoms with Crippen LogP contribution < -0.4 is 9.62 Å². The number of hydrogen-bond donors (Lipinski definition) is 1. The van der Waals surface area contributed by atoms with Crippen molar-refractivity contribution in [2.24, 2.45) is 0 Å². The van der Waals surface area contributed by atoms with Crippen LogP contribution in [-0.2, 0) is 26.2 Å². The van der Waals surface area contributed by atoms with E-state index < -0.39 is 28.5 Å². The number of amides is 2. The summed E-state index contributed by atoms with van der Waals surface area (Å²) in [6.45, 7) is 13.2. The number of anilines is 1. The van der Waals surface area contributed by atoms with Crippen molar-refractivity contribution in [2.45, 2.75) is 84.8 Å². The van der Waals surface area contributed by atoms with Gasteiger partial charge in [0.25, 0.3) is 10.0 Å². The molecule has 0 fully saturated rings. The van der Waals surface area contributed by atoms with Gasteiger partial charge in [-0.3, -0.25) is 13.9 Å². The monoisotopic (exact) mass is 577 g/mol. The van der Waals surface area contributed by atoms with E-state index in [4.69, 9.17) is 0 Å². The molecule has 7 nitrogen and oxygen atoms in total. The van der Waals surface area contributed by atoms with E-state index in [-0.39, 0.29) is 23.4 Å². The number of benzene rings is 3. The summed E-state index contributed by atoms with van der Waals surface area (Å²) >= 11 is 0. The predicted octanol–water partition coefficient (Wildman–Crippen LogP) is 5.84. The molecule has 0 radical (unpaired) electrons. The molecule has 0 aromatic heterocycles. The molecule has 0 saturated carbocycles. The molecule has 3 aromatic carbocycles. The van der Waals surface area contributed by atoms with Crippen molar-refractivity contribution in [3.8, 4) is 0 Å². The van der Waals surface area contributed by atoms with Gasteiger partial charge < -0.3 is 10.2 Å². The Balaban J connectivity index is 2.09. The van der Waals surface area contributed by atoms with Crippen LogP contribution in [0, 0.1) is 27.7 Å². The van der Waals surface area contributed by atoms with Gasteiger partial charge in [0.15, 0.2) is 0 Å². The first-order chi connectivity index (χ1) is 19.3. The molecule has 2 unspecified atom stereocenters. The van der Waals surface area contributed by atoms with Crippen LogP contribution in [0.3, 0.4) is 0 Å². The normalized spacial score (nSPS) is 12.9. The first kappa shape index (κ1) is 31.9. The smallest absolute Gasteiger partial charge is 0.264 e. The van der Waals surface area contributed by atoms with Crippen molar-refractivity contribution < 1.29 is 18.0 Å². The summed E-state index contributed by atoms with van der Waals surface area (Å²) in [6.07, 6.45) is 1.14. The Morgan fingerprint density at radius 1 is 0.805 bits per heavy atom. The molecule has 0 aliphatic rings. The SMILES string of the molecule is CCC(C)NC(=O)C(CC)N(Cc1cccc(C)c1)C(=O)CN(c1cc(C)cc(C)c1)S(=O)(=O)c1ccc(C)cc1. The zero-order valence-corrected chi connectivity index (χ0v) is 26.1. The van der Waals surface area contributed by atoms with Crippen LogP contribution in [0.15, 0.2) is 71.6 Å². The number of carbonyl (C=O) groups is 2. The number of sulfonamides is 1. The lowest BCUT2D eigenvalue weighted by atomic mass is 10.1. The lowest BCUT2D eigenvalue weighted by molar-refractivity contribution is -0.140. The molecule has 8 heteroatoms. The Bertz CT molecular complexity index is 1450. The van der Waals surface area contributed by atoms with Gasteiger partial charge in [-0.1, -0.05) is 67.4 Å². The standard InChI is InChI=1S/C33H43N3O4S/c1-8-27(7)34-33(38)31(9-2)35(21-28-12-10-11-24(4)18-28)32(37)22-36(29-19-25(5)17-26(6)20-29)41(39,40)30-15-13-23(3)14-16-30/h10-20,27,31H,8-9,21-22H2,1-7H3,(H,34,38). The molecular formula is C33H43N3O4S. The molecule has 0 bridgehead atoms. The minimum Gasteiger partial charge on any atom is -0.352 e. The largest absolute Gasteiger partial charge is 0.352 e. The van der Waals surface area contributed by atoms with E-state index in [1.165, 1.54) is 9.21 Å². The number of carbonyl (C=O) groups excluding carboxylic acids is 2. The summed E-state index contributed by atoms with van der Waals surface area (Å²) in [7, 11) is -4.10. The van der Waals surface area contributed by atoms with Crippen molar-refractivity contribution in [3.05, 3.63) is 94.5 Å². The number of rotatable bonds is 12. The summed E-state index contributed by atoms with van der Waals surface area (Å²) in [6, 6.07) is 19.0. The van der Waals surface area contributed by atoms with Gasteiger partial charge in [0, 0.05) is 12.6 Å². The van der Waals surface area contributed by atoms with Crippen molar-refractivity contribution in [1.82, 2.24) is 10.2 Å². The van der Waals surface area contributed by atoms with E-state index in [1.54, 1.807) is 36.4 Å². The minimum absolute atomic E-state index is 0.0545. The quantitative estimate of drug-likeness (QED) is 0.293. The van der Waals surface area contributed by atoms with Crippen LogP contribution in [0.5, 0.6) is 0 Å². The first-order valence-corrected chi connectivity index (χ1v) is 15.6. The Morgan fingerprint density at radius 3 is 2.00 bits per heavy atom. The fraction of sp³-hybridized carbons (Fsp3) is 0.394. The van der Waals surface area contributed by atoms with E-state index >= 15 is 0 Å². The zero-order valence-electron chi connectivity index (χ0n) is 25.3. The second-order valence-corrected chi connectivity index (χ2v) is 12.8. The van der Waals surface area contributed by atoms with Crippen LogP contribution >= 0.6 is 0 Å². The van der Waals surface area contributed by atoms with E-state index in [2.05, 4.69) is 5.32 Å². The number of nitrogens with zero attached hydrogens (tertiary/aromatic N) is 2. The van der Waals surface area contributed by atoms with Gasteiger partial charge in [0.2, 0.25) is 11.8 Å². The van der Waals surface area contributed by atoms with Crippen LogP contribution in [0.25, 0.3) is 0 Å². The molecule has 0 aliphatic heterocycles. The molecule has 220 valence electrons. The second-order valence-electron chi connectivity index (χ2n) is 10.9. The molecule has 0 spiro atoms. The topological polar surface area (TPSA) is 86.8 Å². The third-order valence-corrected chi connectivity index (χ3v) is 8.99. The maximum absolute atomic E-state index is 14.2. The molecule has 3 rings (SSSR count). The van der Waals surface area contributed by atoms with E-state index in [9.17, 15) is 18.0 Å². The Morgan fingerprint density at radius 2 is 1.44 bits per heavy atom. The van der Waals surface area contributed by atoms with Crippen molar-refractivity contribution in [1.29, 1.82) is 0 Å². The first-order valence-electron chi connectivity index (χ1n) is 14.2. The highest BCUT2D eigenvalue weighted by molar-refractivity contribution is 7.92. The highest BCUT2D eigenvalue weighted by Gasteiger charge is 2.34. The molecule has 0 heterocycles. The lowest BCUT2D eigenvalue weighted by Crippen LogP contribution is -2.53. The van der Waals surface area contributed by atoms with Gasteiger partial charge in [-0.15, -0.1) is 0 Å². The zero-order chi connectivity index (χ0) is 30.3. The molecule has 1 N–H and O–H groups in total. The maximum atomic E-state index is 14.2. The summed E-state index contributed by atoms with van der Waals surface area (Å²) in [5.74, 6) is -0.699. The molecule has 3 aromatic rings. The van der Waals surface area contributed by atoms with E-state index in [0.717, 1.165) is 34.2 Å². The van der Waals surface area contributed by atoms with E-state index in [0.29, 0.717) is 12.1 Å². The average molecular weight is 578 g/mol. The summed E-state index contributed by atoms with van der Waals surface area (Å²) in [4.78, 5) is 29.2. The number of hydrogen-bond acceptors (Lipinski definition) is 4. The molecule has 2 atom stereocenters. The molecular weight excluding hydrogens is 534 g/mol. The Labute approximate surface area is 245 Å². The van der Waals surface area contributed by atoms with Gasteiger partial charge in [0.1, 0.15) is 12.6 Å². The van der Waals surface area contributed by atoms with Gasteiger partial charge in [-0.05, 0) is 88.4 Å². The van der Waals surface area contributed by atoms with Crippen LogP contribution in [0.1, 0.15) is 61.4 Å². The van der Waals surface area contributed by atoms with Gasteiger partial charge >= 0.3 is 0 Å². The second kappa shape index (κ2) is 13.8. The molecule has 41 heavy (non-hydrogen) atoms. The van der Waals surface area contributed by atoms with Gasteiger partial charge in [-0.2, -0.15) is 0 Å². The Hall–Kier alpha value is -3.65. The van der Waals surface area contributed by atoms with Crippen LogP contribution in [0.4, 0.5) is 5.69 Å². The lowest BCUT2D eigenvalue weighted by Gasteiger charge is -2.34. The molecule has 2 amide bonds. The molecule has 0 saturated heterocycles. The van der Waals surface area contributed by atoms with Crippen molar-refractivity contribution in [3.63, 3.8) is 0 Å². The van der Waals surface area contributed by atoms with Gasteiger partial charge in [-0.25, -0.2) is 8.42 Å². The van der Waals surface area contributed by atoms with E-state index in [1.807, 2.05) is 78.8 Å². The summed E-state index contributed by atoms with van der Waals surface area (Å²) in [5.41, 5.74) is 5.00. The fourth-order valence-electron chi connectivity index (χ4n) is 4.83. The van der Waals surface area contributed by atoms with Gasteiger partial charge in [0.05, 0.1) is 10.6 Å². The van der Waals surface area contributed by atoms with Crippen molar-refractivity contribution in [2.75, 3.05) is 10.8 Å². The average Bonchev–Trinajstić information content (AvgIpc) is 2.91. The minimum atomic E-state index is -4.10. The third kappa shape index (κ3) is 8.19. The summed E-state index contributed by atoms with van der Waals surface area (Å²) in [5, 5.41) is 3.01. The fourth-order valence-corrected chi connectivity index (χ4v) is 6.23. The highest BCUT2D eigenvalue weighted by atomic mass is 32.2. The highest BCUT2D eigenvalue weighted by Crippen LogP contribution is 2.27. The third-order valence-electron chi connectivity index (χ3n) is 7.20. The predicted molar refractivity (Wildman–Crippen MR) is 165 cm³/mol. The maximum Gasteiger partial charge on any atom is 0.264 e. The number of aryl methyl sites for hydroxylation is 4. The van der Waals surface area contributed by atoms with Crippen LogP contribution in [-0.4, -0.2) is 43.8 Å². The molecule has 0 aliphatic carbocycles. The number of nitrogens with one attached hydrogen (secondary N) is 1. The van der Waals surface area contributed by atoms with Crippen molar-refractivity contribution >= 4 is 27.5 Å².